The van der Waals surface area contributed by atoms with Gasteiger partial charge in [-0.1, -0.05) is 46.3 Å². The Morgan fingerprint density at radius 2 is 1.91 bits per heavy atom. The van der Waals surface area contributed by atoms with Gasteiger partial charge >= 0.3 is 0 Å². The quantitative estimate of drug-likeness (QED) is 0.828. The molecule has 0 aliphatic carbocycles. The van der Waals surface area contributed by atoms with Crippen LogP contribution in [0.1, 0.15) is 24.1 Å². The molecule has 0 heterocycles. The SMILES string of the molecule is COc1ccccc1[C@@H](C)NS(=O)(=O)Cc1cccc(Br)c1. The average Bonchev–Trinajstić information content (AvgIpc) is 2.46. The monoisotopic (exact) mass is 383 g/mol. The minimum atomic E-state index is -3.45. The summed E-state index contributed by atoms with van der Waals surface area (Å²) in [6.45, 7) is 1.80. The van der Waals surface area contributed by atoms with E-state index in [1.807, 2.05) is 36.4 Å². The van der Waals surface area contributed by atoms with E-state index in [-0.39, 0.29) is 11.8 Å². The molecular weight excluding hydrogens is 366 g/mol. The predicted molar refractivity (Wildman–Crippen MR) is 91.3 cm³/mol. The number of rotatable bonds is 6. The molecule has 6 heteroatoms. The second-order valence-corrected chi connectivity index (χ2v) is 7.64. The molecule has 0 spiro atoms. The van der Waals surface area contributed by atoms with Gasteiger partial charge < -0.3 is 4.74 Å². The van der Waals surface area contributed by atoms with Gasteiger partial charge in [-0.15, -0.1) is 0 Å². The largest absolute Gasteiger partial charge is 0.496 e. The van der Waals surface area contributed by atoms with Crippen LogP contribution in [-0.4, -0.2) is 15.5 Å². The van der Waals surface area contributed by atoms with E-state index in [2.05, 4.69) is 20.7 Å². The van der Waals surface area contributed by atoms with Crippen molar-refractivity contribution in [2.45, 2.75) is 18.7 Å². The Balaban J connectivity index is 2.14. The maximum atomic E-state index is 12.3. The van der Waals surface area contributed by atoms with Crippen molar-refractivity contribution in [1.82, 2.24) is 4.72 Å². The average molecular weight is 384 g/mol. The fourth-order valence-corrected chi connectivity index (χ4v) is 4.06. The molecule has 0 fully saturated rings. The Bertz CT molecular complexity index is 747. The van der Waals surface area contributed by atoms with Crippen molar-refractivity contribution in [2.24, 2.45) is 0 Å². The number of methoxy groups -OCH3 is 1. The van der Waals surface area contributed by atoms with Gasteiger partial charge in [-0.2, -0.15) is 0 Å². The standard InChI is InChI=1S/C16H18BrNO3S/c1-12(15-8-3-4-9-16(15)21-2)18-22(19,20)11-13-6-5-7-14(17)10-13/h3-10,12,18H,11H2,1-2H3/t12-/m1/s1. The fourth-order valence-electron chi connectivity index (χ4n) is 2.24. The van der Waals surface area contributed by atoms with E-state index < -0.39 is 10.0 Å². The molecule has 118 valence electrons. The number of benzene rings is 2. The van der Waals surface area contributed by atoms with Gasteiger partial charge in [-0.05, 0) is 30.7 Å². The molecule has 2 aromatic carbocycles. The summed E-state index contributed by atoms with van der Waals surface area (Å²) in [5.74, 6) is 0.603. The van der Waals surface area contributed by atoms with Gasteiger partial charge in [0.1, 0.15) is 5.75 Å². The van der Waals surface area contributed by atoms with Crippen molar-refractivity contribution in [3.63, 3.8) is 0 Å². The molecule has 0 bridgehead atoms. The first kappa shape index (κ1) is 17.0. The maximum absolute atomic E-state index is 12.3. The van der Waals surface area contributed by atoms with E-state index in [1.165, 1.54) is 0 Å². The van der Waals surface area contributed by atoms with Crippen molar-refractivity contribution < 1.29 is 13.2 Å². The van der Waals surface area contributed by atoms with Gasteiger partial charge in [0.2, 0.25) is 10.0 Å². The lowest BCUT2D eigenvalue weighted by Gasteiger charge is -2.17. The van der Waals surface area contributed by atoms with Crippen LogP contribution >= 0.6 is 15.9 Å². The molecule has 2 rings (SSSR count). The van der Waals surface area contributed by atoms with E-state index in [4.69, 9.17) is 4.74 Å². The number of nitrogens with one attached hydrogen (secondary N) is 1. The molecule has 1 N–H and O–H groups in total. The zero-order valence-corrected chi connectivity index (χ0v) is 14.8. The molecule has 0 aliphatic heterocycles. The number of hydrogen-bond donors (Lipinski definition) is 1. The summed E-state index contributed by atoms with van der Waals surface area (Å²) in [6.07, 6.45) is 0. The topological polar surface area (TPSA) is 55.4 Å². The molecule has 0 aliphatic rings. The molecule has 4 nitrogen and oxygen atoms in total. The van der Waals surface area contributed by atoms with Gasteiger partial charge in [0.25, 0.3) is 0 Å². The minimum absolute atomic E-state index is 0.0636. The summed E-state index contributed by atoms with van der Waals surface area (Å²) in [4.78, 5) is 0. The van der Waals surface area contributed by atoms with Crippen molar-refractivity contribution in [3.05, 3.63) is 64.1 Å². The summed E-state index contributed by atoms with van der Waals surface area (Å²) >= 11 is 3.34. The van der Waals surface area contributed by atoms with Crippen LogP contribution in [0, 0.1) is 0 Å². The fraction of sp³-hybridized carbons (Fsp3) is 0.250. The third kappa shape index (κ3) is 4.56. The molecule has 22 heavy (non-hydrogen) atoms. The smallest absolute Gasteiger partial charge is 0.216 e. The third-order valence-electron chi connectivity index (χ3n) is 3.21. The highest BCUT2D eigenvalue weighted by atomic mass is 79.9. The van der Waals surface area contributed by atoms with Gasteiger partial charge in [0.05, 0.1) is 12.9 Å². The second kappa shape index (κ2) is 7.26. The summed E-state index contributed by atoms with van der Waals surface area (Å²) < 4.78 is 33.5. The van der Waals surface area contributed by atoms with Crippen LogP contribution < -0.4 is 9.46 Å². The molecule has 0 radical (unpaired) electrons. The summed E-state index contributed by atoms with van der Waals surface area (Å²) in [7, 11) is -1.88. The number of ether oxygens (including phenoxy) is 1. The number of sulfonamides is 1. The Hall–Kier alpha value is -1.37. The van der Waals surface area contributed by atoms with E-state index in [0.29, 0.717) is 5.75 Å². The highest BCUT2D eigenvalue weighted by Gasteiger charge is 2.19. The van der Waals surface area contributed by atoms with Gasteiger partial charge in [0.15, 0.2) is 0 Å². The Morgan fingerprint density at radius 1 is 1.18 bits per heavy atom. The van der Waals surface area contributed by atoms with E-state index >= 15 is 0 Å². The van der Waals surface area contributed by atoms with Crippen LogP contribution in [0.2, 0.25) is 0 Å². The zero-order valence-electron chi connectivity index (χ0n) is 12.4. The summed E-state index contributed by atoms with van der Waals surface area (Å²) in [5, 5.41) is 0. The van der Waals surface area contributed by atoms with Gasteiger partial charge in [-0.25, -0.2) is 13.1 Å². The van der Waals surface area contributed by atoms with Crippen LogP contribution in [0.15, 0.2) is 53.0 Å². The lowest BCUT2D eigenvalue weighted by molar-refractivity contribution is 0.405. The highest BCUT2D eigenvalue weighted by molar-refractivity contribution is 9.10. The van der Waals surface area contributed by atoms with Gasteiger partial charge in [-0.3, -0.25) is 0 Å². The molecule has 0 aromatic heterocycles. The molecule has 0 unspecified atom stereocenters. The first-order valence-corrected chi connectivity index (χ1v) is 9.23. The van der Waals surface area contributed by atoms with Crippen LogP contribution in [0.25, 0.3) is 0 Å². The molecule has 0 saturated carbocycles. The highest BCUT2D eigenvalue weighted by Crippen LogP contribution is 2.25. The Labute approximate surface area is 139 Å². The first-order valence-electron chi connectivity index (χ1n) is 6.78. The van der Waals surface area contributed by atoms with Gasteiger partial charge in [0, 0.05) is 16.1 Å². The van der Waals surface area contributed by atoms with Crippen molar-refractivity contribution in [2.75, 3.05) is 7.11 Å². The van der Waals surface area contributed by atoms with E-state index in [0.717, 1.165) is 15.6 Å². The summed E-state index contributed by atoms with van der Waals surface area (Å²) in [5.41, 5.74) is 1.54. The van der Waals surface area contributed by atoms with Crippen molar-refractivity contribution in [3.8, 4) is 5.75 Å². The second-order valence-electron chi connectivity index (χ2n) is 4.97. The lowest BCUT2D eigenvalue weighted by Crippen LogP contribution is -2.28. The third-order valence-corrected chi connectivity index (χ3v) is 5.13. The van der Waals surface area contributed by atoms with Crippen LogP contribution in [0.4, 0.5) is 0 Å². The normalized spacial score (nSPS) is 12.9. The van der Waals surface area contributed by atoms with E-state index in [9.17, 15) is 8.42 Å². The number of hydrogen-bond acceptors (Lipinski definition) is 3. The number of halogens is 1. The molecule has 0 amide bonds. The van der Waals surface area contributed by atoms with Crippen LogP contribution in [0.5, 0.6) is 5.75 Å². The predicted octanol–water partition coefficient (Wildman–Crippen LogP) is 3.64. The Morgan fingerprint density at radius 3 is 2.59 bits per heavy atom. The molecular formula is C16H18BrNO3S. The summed E-state index contributed by atoms with van der Waals surface area (Å²) in [6, 6.07) is 14.3. The number of para-hydroxylation sites is 1. The minimum Gasteiger partial charge on any atom is -0.496 e. The maximum Gasteiger partial charge on any atom is 0.216 e. The molecule has 1 atom stereocenters. The van der Waals surface area contributed by atoms with Crippen molar-refractivity contribution in [1.29, 1.82) is 0 Å². The Kier molecular flexibility index (Phi) is 5.61. The zero-order chi connectivity index (χ0) is 16.2. The molecule has 2 aromatic rings. The molecule has 0 saturated heterocycles. The van der Waals surface area contributed by atoms with E-state index in [1.54, 1.807) is 26.2 Å². The van der Waals surface area contributed by atoms with Crippen LogP contribution in [0.3, 0.4) is 0 Å². The first-order chi connectivity index (χ1) is 10.4. The lowest BCUT2D eigenvalue weighted by atomic mass is 10.1. The van der Waals surface area contributed by atoms with Crippen molar-refractivity contribution >= 4 is 26.0 Å². The van der Waals surface area contributed by atoms with Crippen LogP contribution in [-0.2, 0) is 15.8 Å².